The van der Waals surface area contributed by atoms with Gasteiger partial charge in [-0.3, -0.25) is 24.0 Å². The number of carboxylic acid groups (broad SMARTS) is 3. The molecule has 0 amide bonds. The number of carbonyl (C=O) groups is 5. The fourth-order valence-corrected chi connectivity index (χ4v) is 8.71. The molecule has 1 saturated heterocycles. The molecule has 1 saturated carbocycles. The summed E-state index contributed by atoms with van der Waals surface area (Å²) in [5.74, 6) is -5.12. The van der Waals surface area contributed by atoms with Crippen molar-refractivity contribution in [3.63, 3.8) is 0 Å². The van der Waals surface area contributed by atoms with Gasteiger partial charge in [0.2, 0.25) is 5.43 Å². The van der Waals surface area contributed by atoms with Crippen LogP contribution in [0.3, 0.4) is 0 Å². The predicted molar refractivity (Wildman–Crippen MR) is 268 cm³/mol. The molecule has 1 aromatic heterocycles. The van der Waals surface area contributed by atoms with E-state index in [-0.39, 0.29) is 64.5 Å². The average molecular weight is 1060 g/mol. The summed E-state index contributed by atoms with van der Waals surface area (Å²) in [6.07, 6.45) is 5.03. The van der Waals surface area contributed by atoms with E-state index in [0.717, 1.165) is 64.7 Å². The van der Waals surface area contributed by atoms with Crippen molar-refractivity contribution in [1.29, 1.82) is 0 Å². The van der Waals surface area contributed by atoms with Crippen molar-refractivity contribution in [3.8, 4) is 11.4 Å². The number of esters is 1. The molecule has 8 rings (SSSR count). The molecule has 1 aliphatic carbocycles. The number of carboxylic acids is 3. The summed E-state index contributed by atoms with van der Waals surface area (Å²) in [5.41, 5.74) is 12.6. The highest BCUT2D eigenvalue weighted by atomic mass is 79.9. The van der Waals surface area contributed by atoms with Gasteiger partial charge in [-0.2, -0.15) is 0 Å². The number of fused-ring (bicyclic) bond motifs is 1. The van der Waals surface area contributed by atoms with Gasteiger partial charge in [0.05, 0.1) is 29.2 Å². The van der Waals surface area contributed by atoms with Crippen LogP contribution >= 0.6 is 15.9 Å². The van der Waals surface area contributed by atoms with Crippen LogP contribution in [-0.4, -0.2) is 81.8 Å². The molecular weight excluding hydrogens is 1000 g/mol. The topological polar surface area (TPSA) is 245 Å². The Morgan fingerprint density at radius 3 is 2.11 bits per heavy atom. The van der Waals surface area contributed by atoms with Gasteiger partial charge in [-0.15, -0.1) is 0 Å². The minimum atomic E-state index is -1.53. The van der Waals surface area contributed by atoms with Crippen LogP contribution in [0.1, 0.15) is 76.4 Å². The van der Waals surface area contributed by atoms with E-state index >= 15 is 0 Å². The number of nitrogens with one attached hydrogen (secondary N) is 1. The Hall–Kier alpha value is -7.35. The second kappa shape index (κ2) is 24.7. The third kappa shape index (κ3) is 13.9. The van der Waals surface area contributed by atoms with E-state index in [1.807, 2.05) is 6.92 Å². The summed E-state index contributed by atoms with van der Waals surface area (Å²) < 4.78 is 50.3. The van der Waals surface area contributed by atoms with Crippen LogP contribution in [0.4, 0.5) is 24.5 Å². The zero-order chi connectivity index (χ0) is 52.2. The van der Waals surface area contributed by atoms with Crippen LogP contribution in [-0.2, 0) is 27.2 Å². The zero-order valence-corrected chi connectivity index (χ0v) is 40.7. The number of benzene rings is 5. The van der Waals surface area contributed by atoms with Crippen LogP contribution in [0.5, 0.6) is 5.75 Å². The lowest BCUT2D eigenvalue weighted by Gasteiger charge is -2.34. The maximum Gasteiger partial charge on any atom is 0.341 e. The van der Waals surface area contributed by atoms with E-state index < -0.39 is 46.4 Å². The summed E-state index contributed by atoms with van der Waals surface area (Å²) in [6, 6.07) is 24.1. The number of rotatable bonds is 13. The van der Waals surface area contributed by atoms with Crippen molar-refractivity contribution in [2.75, 3.05) is 36.8 Å². The summed E-state index contributed by atoms with van der Waals surface area (Å²) in [5, 5.41) is 29.9. The normalized spacial score (nSPS) is 16.4. The van der Waals surface area contributed by atoms with Crippen LogP contribution in [0, 0.1) is 29.3 Å². The minimum absolute atomic E-state index is 0.0329. The van der Waals surface area contributed by atoms with E-state index in [9.17, 15) is 47.0 Å². The molecule has 15 nitrogen and oxygen atoms in total. The van der Waals surface area contributed by atoms with Gasteiger partial charge in [0, 0.05) is 71.0 Å². The standard InChI is InChI=1S/C21H18F3N3O3.C17H23NO4.C15H12BrNO3/c1-11-9-26(5-4-25-11)19-8-18-13(7-16(19)24)20(28)14(21(29)30)10-27(18)17-3-2-12(22)6-15(17)23;18-11-13-1-6-14(7-2-13)17(21)22-15-8-3-12(4-9-15)5-10-16(19)20;16-11-6-4-9(5-7-11)15(20)12-3-1-2-10(14(12)17)8-13(18)19/h2-3,6-8,10-11,25H,4-5,9H2,1H3,(H,29,30);3-4,8-9,13-14H,1-2,5-7,10-11,18H2,(H,19,20);1-7H,8,17H2,(H,18,19). The van der Waals surface area contributed by atoms with Gasteiger partial charge in [-0.25, -0.2) is 18.0 Å². The number of nitrogens with zero attached hydrogens (tertiary/aromatic N) is 2. The molecule has 1 unspecified atom stereocenters. The largest absolute Gasteiger partial charge is 0.481 e. The summed E-state index contributed by atoms with van der Waals surface area (Å²) in [4.78, 5) is 71.8. The SMILES string of the molecule is CC1CN(c2cc3c(cc2F)c(=O)c(C(=O)O)cn3-c2ccc(F)cc2F)CCN1.NCC1CCC(C(=O)Oc2ccc(CCC(=O)O)cc2)CC1.Nc1c(CC(=O)O)cccc1C(=O)c1ccc(Br)cc1. The number of aliphatic carboxylic acids is 2. The maximum atomic E-state index is 14.9. The smallest absolute Gasteiger partial charge is 0.341 e. The molecule has 2 heterocycles. The van der Waals surface area contributed by atoms with Crippen molar-refractivity contribution in [2.24, 2.45) is 17.6 Å². The van der Waals surface area contributed by atoms with Gasteiger partial charge in [-0.05, 0) is 129 Å². The van der Waals surface area contributed by atoms with Gasteiger partial charge < -0.3 is 46.3 Å². The molecule has 2 aliphatic rings. The number of anilines is 2. The Kier molecular flexibility index (Phi) is 18.5. The lowest BCUT2D eigenvalue weighted by atomic mass is 9.82. The second-order valence-electron chi connectivity index (χ2n) is 17.5. The van der Waals surface area contributed by atoms with E-state index in [4.69, 9.17) is 26.4 Å². The summed E-state index contributed by atoms with van der Waals surface area (Å²) >= 11 is 3.30. The molecule has 0 radical (unpaired) electrons. The number of aryl methyl sites for hydroxylation is 1. The minimum Gasteiger partial charge on any atom is -0.481 e. The van der Waals surface area contributed by atoms with Gasteiger partial charge in [0.25, 0.3) is 0 Å². The van der Waals surface area contributed by atoms with Crippen molar-refractivity contribution in [1.82, 2.24) is 9.88 Å². The Morgan fingerprint density at radius 2 is 1.50 bits per heavy atom. The Labute approximate surface area is 420 Å². The molecule has 1 atom stereocenters. The Morgan fingerprint density at radius 1 is 0.819 bits per heavy atom. The highest BCUT2D eigenvalue weighted by molar-refractivity contribution is 9.10. The number of hydrogen-bond acceptors (Lipinski definition) is 11. The van der Waals surface area contributed by atoms with Gasteiger partial charge in [-0.1, -0.05) is 40.2 Å². The number of piperazine rings is 1. The molecule has 1 aliphatic heterocycles. The Balaban J connectivity index is 0.000000181. The number of aromatic carboxylic acids is 1. The highest BCUT2D eigenvalue weighted by Crippen LogP contribution is 2.31. The van der Waals surface area contributed by atoms with Gasteiger partial charge in [0.15, 0.2) is 5.78 Å². The first kappa shape index (κ1) is 54.0. The molecule has 0 bridgehead atoms. The average Bonchev–Trinajstić information content (AvgIpc) is 3.35. The fraction of sp³-hybridized carbons (Fsp3) is 0.283. The lowest BCUT2D eigenvalue weighted by molar-refractivity contribution is -0.140. The number of nitrogens with two attached hydrogens (primary N) is 2. The zero-order valence-electron chi connectivity index (χ0n) is 39.1. The molecule has 6 aromatic rings. The predicted octanol–water partition coefficient (Wildman–Crippen LogP) is 8.17. The van der Waals surface area contributed by atoms with Crippen LogP contribution in [0.15, 0.2) is 113 Å². The molecule has 378 valence electrons. The summed E-state index contributed by atoms with van der Waals surface area (Å²) in [6.45, 7) is 4.32. The first-order valence-corrected chi connectivity index (χ1v) is 23.8. The fourth-order valence-electron chi connectivity index (χ4n) is 8.45. The van der Waals surface area contributed by atoms with Crippen LogP contribution in [0.25, 0.3) is 16.6 Å². The number of ketones is 1. The van der Waals surface area contributed by atoms with Crippen molar-refractivity contribution in [3.05, 3.63) is 163 Å². The van der Waals surface area contributed by atoms with Crippen molar-refractivity contribution >= 4 is 67.9 Å². The third-order valence-corrected chi connectivity index (χ3v) is 12.9. The van der Waals surface area contributed by atoms with Crippen molar-refractivity contribution < 1.29 is 57.2 Å². The van der Waals surface area contributed by atoms with E-state index in [0.29, 0.717) is 67.0 Å². The number of ether oxygens (including phenoxy) is 1. The van der Waals surface area contributed by atoms with E-state index in [2.05, 4.69) is 21.2 Å². The molecule has 72 heavy (non-hydrogen) atoms. The number of pyridine rings is 1. The first-order valence-electron chi connectivity index (χ1n) is 23.0. The van der Waals surface area contributed by atoms with Crippen LogP contribution < -0.4 is 31.8 Å². The number of halogens is 4. The molecule has 5 aromatic carbocycles. The second-order valence-corrected chi connectivity index (χ2v) is 18.4. The van der Waals surface area contributed by atoms with E-state index in [1.54, 1.807) is 71.6 Å². The first-order chi connectivity index (χ1) is 34.3. The maximum absolute atomic E-state index is 14.9. The number of hydrogen-bond donors (Lipinski definition) is 6. The highest BCUT2D eigenvalue weighted by Gasteiger charge is 2.28. The molecule has 8 N–H and O–H groups in total. The number of aromatic nitrogens is 1. The molecular formula is C53H53BrF3N5O10. The third-order valence-electron chi connectivity index (χ3n) is 12.4. The molecule has 19 heteroatoms. The molecule has 0 spiro atoms. The van der Waals surface area contributed by atoms with Gasteiger partial charge >= 0.3 is 23.9 Å². The number of para-hydroxylation sites is 1. The quantitative estimate of drug-likeness (QED) is 0.0277. The monoisotopic (exact) mass is 1060 g/mol. The van der Waals surface area contributed by atoms with E-state index in [1.165, 1.54) is 6.07 Å². The Bertz CT molecular complexity index is 3020. The van der Waals surface area contributed by atoms with Crippen LogP contribution in [0.2, 0.25) is 0 Å². The lowest BCUT2D eigenvalue weighted by Crippen LogP contribution is -2.49. The number of carbonyl (C=O) groups excluding carboxylic acids is 2. The van der Waals surface area contributed by atoms with Crippen molar-refractivity contribution in [2.45, 2.75) is 57.9 Å². The number of nitrogen functional groups attached to an aromatic ring is 1. The summed E-state index contributed by atoms with van der Waals surface area (Å²) in [7, 11) is 0. The van der Waals surface area contributed by atoms with Gasteiger partial charge in [0.1, 0.15) is 28.8 Å². The molecule has 2 fully saturated rings.